The van der Waals surface area contributed by atoms with E-state index < -0.39 is 0 Å². The van der Waals surface area contributed by atoms with Crippen LogP contribution in [0.4, 0.5) is 0 Å². The van der Waals surface area contributed by atoms with Gasteiger partial charge in [0.25, 0.3) is 0 Å². The van der Waals surface area contributed by atoms with Crippen LogP contribution in [0.15, 0.2) is 78.9 Å². The van der Waals surface area contributed by atoms with E-state index in [1.54, 1.807) is 7.11 Å². The molecule has 3 atom stereocenters. The molecule has 0 aliphatic carbocycles. The van der Waals surface area contributed by atoms with Gasteiger partial charge < -0.3 is 15.0 Å². The van der Waals surface area contributed by atoms with Gasteiger partial charge in [0.15, 0.2) is 0 Å². The highest BCUT2D eigenvalue weighted by Crippen LogP contribution is 2.37. The SMILES string of the molecule is COc1ccc(C(C)(C)C)cc1CN[C@H]1C(C)CCN(C)[C@H]1C(c1ccccc1)c1ccccc1. The summed E-state index contributed by atoms with van der Waals surface area (Å²) < 4.78 is 5.76. The molecule has 4 rings (SSSR count). The number of benzene rings is 3. The quantitative estimate of drug-likeness (QED) is 0.420. The van der Waals surface area contributed by atoms with Crippen molar-refractivity contribution in [2.24, 2.45) is 5.92 Å². The summed E-state index contributed by atoms with van der Waals surface area (Å²) in [6.45, 7) is 11.1. The van der Waals surface area contributed by atoms with E-state index >= 15 is 0 Å². The lowest BCUT2D eigenvalue weighted by Gasteiger charge is -2.47. The minimum Gasteiger partial charge on any atom is -0.496 e. The van der Waals surface area contributed by atoms with Crippen LogP contribution in [0.5, 0.6) is 5.75 Å². The number of methoxy groups -OCH3 is 1. The number of nitrogens with zero attached hydrogens (tertiary/aromatic N) is 1. The molecule has 0 bridgehead atoms. The van der Waals surface area contributed by atoms with Gasteiger partial charge in [0.1, 0.15) is 5.75 Å². The smallest absolute Gasteiger partial charge is 0.123 e. The maximum Gasteiger partial charge on any atom is 0.123 e. The van der Waals surface area contributed by atoms with Crippen molar-refractivity contribution in [1.29, 1.82) is 0 Å². The van der Waals surface area contributed by atoms with Crippen molar-refractivity contribution in [2.45, 2.75) is 64.1 Å². The summed E-state index contributed by atoms with van der Waals surface area (Å²) in [7, 11) is 4.07. The van der Waals surface area contributed by atoms with E-state index in [2.05, 4.69) is 124 Å². The van der Waals surface area contributed by atoms with Gasteiger partial charge in [-0.3, -0.25) is 0 Å². The summed E-state index contributed by atoms with van der Waals surface area (Å²) in [4.78, 5) is 2.57. The molecule has 1 aliphatic heterocycles. The average molecular weight is 471 g/mol. The summed E-state index contributed by atoms with van der Waals surface area (Å²) >= 11 is 0. The van der Waals surface area contributed by atoms with Crippen LogP contribution in [0.1, 0.15) is 62.3 Å². The van der Waals surface area contributed by atoms with E-state index in [0.717, 1.165) is 18.8 Å². The van der Waals surface area contributed by atoms with E-state index in [1.807, 2.05) is 0 Å². The minimum atomic E-state index is 0.105. The molecule has 35 heavy (non-hydrogen) atoms. The van der Waals surface area contributed by atoms with Crippen molar-refractivity contribution in [3.63, 3.8) is 0 Å². The van der Waals surface area contributed by atoms with Crippen LogP contribution in [0, 0.1) is 5.92 Å². The predicted molar refractivity (Wildman–Crippen MR) is 147 cm³/mol. The van der Waals surface area contributed by atoms with Gasteiger partial charge in [-0.2, -0.15) is 0 Å². The summed E-state index contributed by atoms with van der Waals surface area (Å²) in [5.74, 6) is 1.83. The van der Waals surface area contributed by atoms with E-state index in [-0.39, 0.29) is 5.41 Å². The number of likely N-dealkylation sites (N-methyl/N-ethyl adjacent to an activating group) is 1. The number of likely N-dealkylation sites (tertiary alicyclic amines) is 1. The molecular weight excluding hydrogens is 428 g/mol. The van der Waals surface area contributed by atoms with Crippen molar-refractivity contribution in [2.75, 3.05) is 20.7 Å². The van der Waals surface area contributed by atoms with Crippen LogP contribution in [0.2, 0.25) is 0 Å². The van der Waals surface area contributed by atoms with E-state index in [0.29, 0.717) is 23.9 Å². The molecule has 1 heterocycles. The van der Waals surface area contributed by atoms with Crippen LogP contribution < -0.4 is 10.1 Å². The topological polar surface area (TPSA) is 24.5 Å². The van der Waals surface area contributed by atoms with Crippen molar-refractivity contribution >= 4 is 0 Å². The lowest BCUT2D eigenvalue weighted by atomic mass is 9.75. The maximum absolute atomic E-state index is 5.76. The second-order valence-electron chi connectivity index (χ2n) is 11.2. The first-order valence-corrected chi connectivity index (χ1v) is 13.0. The lowest BCUT2D eigenvalue weighted by molar-refractivity contribution is 0.0887. The Balaban J connectivity index is 1.69. The molecule has 1 aliphatic rings. The minimum absolute atomic E-state index is 0.105. The van der Waals surface area contributed by atoms with Gasteiger partial charge in [-0.25, -0.2) is 0 Å². The zero-order valence-electron chi connectivity index (χ0n) is 22.3. The predicted octanol–water partition coefficient (Wildman–Crippen LogP) is 6.62. The van der Waals surface area contributed by atoms with Crippen LogP contribution in [-0.4, -0.2) is 37.7 Å². The zero-order valence-corrected chi connectivity index (χ0v) is 22.3. The number of hydrogen-bond acceptors (Lipinski definition) is 3. The van der Waals surface area contributed by atoms with Gasteiger partial charge in [-0.05, 0) is 54.1 Å². The highest BCUT2D eigenvalue weighted by Gasteiger charge is 2.40. The molecule has 3 aromatic rings. The monoisotopic (exact) mass is 470 g/mol. The second kappa shape index (κ2) is 11.0. The zero-order chi connectivity index (χ0) is 25.0. The van der Waals surface area contributed by atoms with E-state index in [4.69, 9.17) is 4.74 Å². The molecule has 186 valence electrons. The summed E-state index contributed by atoms with van der Waals surface area (Å²) in [6.07, 6.45) is 1.19. The van der Waals surface area contributed by atoms with Crippen molar-refractivity contribution < 1.29 is 4.74 Å². The molecule has 0 saturated carbocycles. The summed E-state index contributed by atoms with van der Waals surface area (Å²) in [5, 5.41) is 4.02. The Morgan fingerprint density at radius 2 is 1.54 bits per heavy atom. The van der Waals surface area contributed by atoms with E-state index in [1.165, 1.54) is 28.7 Å². The third kappa shape index (κ3) is 5.79. The third-order valence-electron chi connectivity index (χ3n) is 7.76. The molecule has 0 radical (unpaired) electrons. The second-order valence-corrected chi connectivity index (χ2v) is 11.2. The van der Waals surface area contributed by atoms with Gasteiger partial charge in [0.05, 0.1) is 7.11 Å². The largest absolute Gasteiger partial charge is 0.496 e. The Morgan fingerprint density at radius 3 is 2.09 bits per heavy atom. The Bertz CT molecular complexity index is 1030. The molecule has 1 unspecified atom stereocenters. The molecule has 3 aromatic carbocycles. The summed E-state index contributed by atoms with van der Waals surface area (Å²) in [6, 6.07) is 29.4. The van der Waals surface area contributed by atoms with Gasteiger partial charge in [0, 0.05) is 30.1 Å². The first kappa shape index (κ1) is 25.5. The number of ether oxygens (including phenoxy) is 1. The van der Waals surface area contributed by atoms with Crippen LogP contribution in [0.25, 0.3) is 0 Å². The van der Waals surface area contributed by atoms with E-state index in [9.17, 15) is 0 Å². The average Bonchev–Trinajstić information content (AvgIpc) is 2.86. The number of rotatable bonds is 7. The molecule has 3 nitrogen and oxygen atoms in total. The third-order valence-corrected chi connectivity index (χ3v) is 7.76. The highest BCUT2D eigenvalue weighted by molar-refractivity contribution is 5.40. The van der Waals surface area contributed by atoms with Gasteiger partial charge in [-0.15, -0.1) is 0 Å². The molecule has 0 aromatic heterocycles. The van der Waals surface area contributed by atoms with Gasteiger partial charge in [-0.1, -0.05) is 100 Å². The van der Waals surface area contributed by atoms with Crippen LogP contribution >= 0.6 is 0 Å². The molecular formula is C32H42N2O. The fourth-order valence-corrected chi connectivity index (χ4v) is 5.65. The fourth-order valence-electron chi connectivity index (χ4n) is 5.65. The standard InChI is InChI=1S/C32H42N2O/c1-23-19-20-34(5)31(29(24-13-9-7-10-14-24)25-15-11-8-12-16-25)30(23)33-22-26-21-27(32(2,3)4)17-18-28(26)35-6/h7-18,21,23,29-31,33H,19-20,22H2,1-6H3/t23?,30-,31-/m0/s1. The summed E-state index contributed by atoms with van der Waals surface area (Å²) in [5.41, 5.74) is 5.43. The molecule has 0 spiro atoms. The molecule has 1 N–H and O–H groups in total. The lowest BCUT2D eigenvalue weighted by Crippen LogP contribution is -2.58. The molecule has 1 fully saturated rings. The number of nitrogens with one attached hydrogen (secondary N) is 1. The van der Waals surface area contributed by atoms with Crippen molar-refractivity contribution in [1.82, 2.24) is 10.2 Å². The molecule has 0 amide bonds. The Hall–Kier alpha value is -2.62. The normalized spacial score (nSPS) is 21.3. The van der Waals surface area contributed by atoms with Crippen molar-refractivity contribution in [3.05, 3.63) is 101 Å². The van der Waals surface area contributed by atoms with Gasteiger partial charge in [0.2, 0.25) is 0 Å². The van der Waals surface area contributed by atoms with Crippen LogP contribution in [-0.2, 0) is 12.0 Å². The Labute approximate surface area is 212 Å². The maximum atomic E-state index is 5.76. The number of hydrogen-bond donors (Lipinski definition) is 1. The fraction of sp³-hybridized carbons (Fsp3) is 0.438. The highest BCUT2D eigenvalue weighted by atomic mass is 16.5. The Morgan fingerprint density at radius 1 is 0.943 bits per heavy atom. The van der Waals surface area contributed by atoms with Crippen LogP contribution in [0.3, 0.4) is 0 Å². The van der Waals surface area contributed by atoms with Gasteiger partial charge >= 0.3 is 0 Å². The first-order valence-electron chi connectivity index (χ1n) is 13.0. The molecule has 1 saturated heterocycles. The Kier molecular flexibility index (Phi) is 7.98. The van der Waals surface area contributed by atoms with Crippen molar-refractivity contribution in [3.8, 4) is 5.75 Å². The number of piperidine rings is 1. The molecule has 3 heteroatoms. The first-order chi connectivity index (χ1) is 16.8.